The highest BCUT2D eigenvalue weighted by atomic mass is 35.5. The lowest BCUT2D eigenvalue weighted by molar-refractivity contribution is -0.117. The van der Waals surface area contributed by atoms with Crippen LogP contribution in [0.3, 0.4) is 0 Å². The molecule has 3 rings (SSSR count). The van der Waals surface area contributed by atoms with E-state index in [0.717, 1.165) is 31.8 Å². The molecule has 5 nitrogen and oxygen atoms in total. The lowest BCUT2D eigenvalue weighted by Gasteiger charge is -2.20. The van der Waals surface area contributed by atoms with Gasteiger partial charge in [0.15, 0.2) is 11.1 Å². The van der Waals surface area contributed by atoms with Crippen LogP contribution in [-0.4, -0.2) is 17.7 Å². The first-order chi connectivity index (χ1) is 11.0. The molecule has 122 valence electrons. The van der Waals surface area contributed by atoms with E-state index in [9.17, 15) is 4.79 Å². The summed E-state index contributed by atoms with van der Waals surface area (Å²) < 4.78 is 11.8. The van der Waals surface area contributed by atoms with Crippen molar-refractivity contribution in [3.8, 4) is 5.75 Å². The Balaban J connectivity index is 1.76. The van der Waals surface area contributed by atoms with E-state index in [1.54, 1.807) is 11.8 Å². The summed E-state index contributed by atoms with van der Waals surface area (Å²) in [4.78, 5) is 16.5. The highest BCUT2D eigenvalue weighted by Gasteiger charge is 2.17. The number of ether oxygens (including phenoxy) is 2. The maximum absolute atomic E-state index is 11.1. The Kier molecular flexibility index (Phi) is 5.11. The second kappa shape index (κ2) is 7.09. The number of hydrogen-bond donors (Lipinski definition) is 1. The zero-order chi connectivity index (χ0) is 16.4. The first-order valence-corrected chi connectivity index (χ1v) is 9.10. The van der Waals surface area contributed by atoms with Crippen LogP contribution in [0.2, 0.25) is 5.02 Å². The lowest BCUT2D eigenvalue weighted by Crippen LogP contribution is -2.13. The number of nitrogens with two attached hydrogens (primary N) is 1. The number of rotatable bonds is 5. The van der Waals surface area contributed by atoms with Gasteiger partial charge in [-0.3, -0.25) is 4.79 Å². The van der Waals surface area contributed by atoms with Crippen LogP contribution in [-0.2, 0) is 28.3 Å². The summed E-state index contributed by atoms with van der Waals surface area (Å²) in [5, 5.41) is 0.665. The van der Waals surface area contributed by atoms with Crippen molar-refractivity contribution in [1.29, 1.82) is 0 Å². The molecule has 0 bridgehead atoms. The quantitative estimate of drug-likeness (QED) is 0.817. The summed E-state index contributed by atoms with van der Waals surface area (Å²) in [5.74, 6) is 1.19. The molecule has 1 aliphatic heterocycles. The molecule has 1 aromatic heterocycles. The summed E-state index contributed by atoms with van der Waals surface area (Å²) in [6.07, 6.45) is 0.233. The summed E-state index contributed by atoms with van der Waals surface area (Å²) in [6, 6.07) is 3.77. The molecule has 2 heterocycles. The number of benzene rings is 1. The number of aryl methyl sites for hydroxylation is 1. The van der Waals surface area contributed by atoms with Gasteiger partial charge in [0.2, 0.25) is 5.91 Å². The maximum atomic E-state index is 11.1. The zero-order valence-corrected chi connectivity index (χ0v) is 14.8. The van der Waals surface area contributed by atoms with Crippen molar-refractivity contribution in [2.45, 2.75) is 30.0 Å². The average Bonchev–Trinajstić information content (AvgIpc) is 2.84. The van der Waals surface area contributed by atoms with Crippen LogP contribution in [0.25, 0.3) is 0 Å². The van der Waals surface area contributed by atoms with Gasteiger partial charge in [-0.2, -0.15) is 0 Å². The molecule has 0 aliphatic carbocycles. The van der Waals surface area contributed by atoms with Crippen LogP contribution in [0, 0.1) is 6.92 Å². The molecule has 0 saturated carbocycles. The number of hydrogen-bond acceptors (Lipinski definition) is 6. The van der Waals surface area contributed by atoms with E-state index in [4.69, 9.17) is 26.8 Å². The van der Waals surface area contributed by atoms with Gasteiger partial charge in [-0.25, -0.2) is 4.98 Å². The van der Waals surface area contributed by atoms with Gasteiger partial charge >= 0.3 is 0 Å². The normalized spacial score (nSPS) is 13.5. The van der Waals surface area contributed by atoms with E-state index in [1.165, 1.54) is 11.3 Å². The second-order valence-electron chi connectivity index (χ2n) is 5.08. The van der Waals surface area contributed by atoms with Crippen molar-refractivity contribution in [3.05, 3.63) is 38.9 Å². The van der Waals surface area contributed by atoms with Crippen LogP contribution in [0.1, 0.15) is 21.7 Å². The summed E-state index contributed by atoms with van der Waals surface area (Å²) in [6.45, 7) is 2.65. The molecule has 1 aromatic carbocycles. The monoisotopic (exact) mass is 370 g/mol. The Morgan fingerprint density at radius 1 is 1.52 bits per heavy atom. The third-order valence-corrected chi connectivity index (χ3v) is 5.88. The zero-order valence-electron chi connectivity index (χ0n) is 12.4. The number of amides is 1. The van der Waals surface area contributed by atoms with Crippen LogP contribution in [0.5, 0.6) is 5.75 Å². The van der Waals surface area contributed by atoms with Crippen LogP contribution in [0.15, 0.2) is 16.5 Å². The van der Waals surface area contributed by atoms with Gasteiger partial charge in [0.1, 0.15) is 5.75 Å². The largest absolute Gasteiger partial charge is 0.467 e. The summed E-state index contributed by atoms with van der Waals surface area (Å²) in [5.41, 5.74) is 8.09. The lowest BCUT2D eigenvalue weighted by atomic mass is 10.1. The third kappa shape index (κ3) is 3.98. The van der Waals surface area contributed by atoms with E-state index >= 15 is 0 Å². The second-order valence-corrected chi connectivity index (χ2v) is 7.83. The average molecular weight is 371 g/mol. The number of thiazole rings is 1. The number of halogens is 1. The van der Waals surface area contributed by atoms with Crippen LogP contribution in [0.4, 0.5) is 0 Å². The number of carbonyl (C=O) groups is 1. The van der Waals surface area contributed by atoms with Gasteiger partial charge in [0.05, 0.1) is 18.7 Å². The maximum Gasteiger partial charge on any atom is 0.222 e. The Bertz CT molecular complexity index is 749. The van der Waals surface area contributed by atoms with Crippen LogP contribution >= 0.6 is 34.7 Å². The van der Waals surface area contributed by atoms with Crippen molar-refractivity contribution in [2.24, 2.45) is 5.73 Å². The molecule has 0 radical (unpaired) electrons. The van der Waals surface area contributed by atoms with E-state index in [-0.39, 0.29) is 19.1 Å². The molecule has 0 saturated heterocycles. The highest BCUT2D eigenvalue weighted by molar-refractivity contribution is 8.00. The molecule has 0 fully saturated rings. The van der Waals surface area contributed by atoms with E-state index in [1.807, 2.05) is 19.1 Å². The number of nitrogens with zero attached hydrogens (tertiary/aromatic N) is 1. The first-order valence-electron chi connectivity index (χ1n) is 6.92. The Labute approximate surface area is 147 Å². The number of aromatic nitrogens is 1. The topological polar surface area (TPSA) is 74.4 Å². The predicted molar refractivity (Wildman–Crippen MR) is 91.0 cm³/mol. The molecule has 8 heteroatoms. The standard InChI is InChI=1S/C15H15ClN2O3S2/c1-8-12(4-13(17)19)23-15(18-8)22-6-10-3-11(16)2-9-5-20-7-21-14(9)10/h2-3H,4-7H2,1H3,(H2,17,19). The number of fused-ring (bicyclic) bond motifs is 1. The molecule has 0 atom stereocenters. The van der Waals surface area contributed by atoms with Gasteiger partial charge in [-0.05, 0) is 19.1 Å². The minimum absolute atomic E-state index is 0.233. The van der Waals surface area contributed by atoms with E-state index in [0.29, 0.717) is 17.4 Å². The minimum Gasteiger partial charge on any atom is -0.467 e. The Hall–Kier alpha value is -1.28. The van der Waals surface area contributed by atoms with E-state index < -0.39 is 0 Å². The number of carbonyl (C=O) groups excluding carboxylic acids is 1. The Morgan fingerprint density at radius 3 is 3.13 bits per heavy atom. The fourth-order valence-electron chi connectivity index (χ4n) is 2.29. The van der Waals surface area contributed by atoms with Gasteiger partial charge in [-0.15, -0.1) is 11.3 Å². The molecule has 2 aromatic rings. The fraction of sp³-hybridized carbons (Fsp3) is 0.333. The molecule has 1 amide bonds. The molecule has 23 heavy (non-hydrogen) atoms. The van der Waals surface area contributed by atoms with Gasteiger partial charge in [0, 0.05) is 26.8 Å². The van der Waals surface area contributed by atoms with Crippen molar-refractivity contribution >= 4 is 40.6 Å². The highest BCUT2D eigenvalue weighted by Crippen LogP contribution is 2.37. The molecular weight excluding hydrogens is 356 g/mol. The van der Waals surface area contributed by atoms with Gasteiger partial charge < -0.3 is 15.2 Å². The smallest absolute Gasteiger partial charge is 0.222 e. The first kappa shape index (κ1) is 16.6. The summed E-state index contributed by atoms with van der Waals surface area (Å²) in [7, 11) is 0. The third-order valence-electron chi connectivity index (χ3n) is 3.31. The van der Waals surface area contributed by atoms with Crippen molar-refractivity contribution in [3.63, 3.8) is 0 Å². The number of thioether (sulfide) groups is 1. The SMILES string of the molecule is Cc1nc(SCc2cc(Cl)cc3c2OCOC3)sc1CC(N)=O. The summed E-state index contributed by atoms with van der Waals surface area (Å²) >= 11 is 9.26. The minimum atomic E-state index is -0.342. The molecule has 0 spiro atoms. The van der Waals surface area contributed by atoms with Crippen molar-refractivity contribution in [1.82, 2.24) is 4.98 Å². The molecule has 2 N–H and O–H groups in total. The Morgan fingerprint density at radius 2 is 2.35 bits per heavy atom. The van der Waals surface area contributed by atoms with E-state index in [2.05, 4.69) is 4.98 Å². The molecule has 1 aliphatic rings. The van der Waals surface area contributed by atoms with Crippen LogP contribution < -0.4 is 10.5 Å². The van der Waals surface area contributed by atoms with Crippen molar-refractivity contribution < 1.29 is 14.3 Å². The molecule has 0 unspecified atom stereocenters. The fourth-order valence-corrected chi connectivity index (χ4v) is 4.76. The molecular formula is C15H15ClN2O3S2. The predicted octanol–water partition coefficient (Wildman–Crippen LogP) is 3.29. The van der Waals surface area contributed by atoms with Gasteiger partial charge in [0.25, 0.3) is 0 Å². The van der Waals surface area contributed by atoms with Crippen molar-refractivity contribution in [2.75, 3.05) is 6.79 Å². The van der Waals surface area contributed by atoms with Gasteiger partial charge in [-0.1, -0.05) is 23.4 Å². The number of primary amides is 1.